The molecular formula is C27H26N4O2. The molecule has 6 nitrogen and oxygen atoms in total. The largest absolute Gasteiger partial charge is 0.361 e. The Morgan fingerprint density at radius 1 is 1.00 bits per heavy atom. The van der Waals surface area contributed by atoms with Crippen LogP contribution in [0.15, 0.2) is 59.7 Å². The molecule has 6 heteroatoms. The van der Waals surface area contributed by atoms with Crippen molar-refractivity contribution in [1.29, 1.82) is 0 Å². The molecule has 2 aliphatic heterocycles. The average Bonchev–Trinajstić information content (AvgIpc) is 3.72. The highest BCUT2D eigenvalue weighted by Gasteiger charge is 2.57. The van der Waals surface area contributed by atoms with Crippen LogP contribution in [0, 0.1) is 11.8 Å². The summed E-state index contributed by atoms with van der Waals surface area (Å²) in [5, 5.41) is 1.20. The summed E-state index contributed by atoms with van der Waals surface area (Å²) >= 11 is 0. The molecule has 0 radical (unpaired) electrons. The van der Waals surface area contributed by atoms with Crippen molar-refractivity contribution in [3.63, 3.8) is 0 Å². The summed E-state index contributed by atoms with van der Waals surface area (Å²) < 4.78 is 0. The number of aromatic nitrogens is 1. The topological polar surface area (TPSA) is 68.8 Å². The van der Waals surface area contributed by atoms with Gasteiger partial charge in [-0.25, -0.2) is 0 Å². The highest BCUT2D eigenvalue weighted by molar-refractivity contribution is 6.16. The Kier molecular flexibility index (Phi) is 3.93. The number of aromatic amines is 1. The van der Waals surface area contributed by atoms with Crippen molar-refractivity contribution in [1.82, 2.24) is 14.8 Å². The molecule has 7 rings (SSSR count). The van der Waals surface area contributed by atoms with E-state index in [2.05, 4.69) is 53.5 Å². The van der Waals surface area contributed by atoms with Crippen LogP contribution in [0.3, 0.4) is 0 Å². The molecule has 0 atom stereocenters. The first-order chi connectivity index (χ1) is 16.1. The Morgan fingerprint density at radius 2 is 1.73 bits per heavy atom. The summed E-state index contributed by atoms with van der Waals surface area (Å²) in [4.78, 5) is 37.5. The fourth-order valence-electron chi connectivity index (χ4n) is 5.24. The van der Waals surface area contributed by atoms with E-state index in [9.17, 15) is 9.59 Å². The minimum atomic E-state index is -0.514. The van der Waals surface area contributed by atoms with Gasteiger partial charge in [-0.2, -0.15) is 0 Å². The highest BCUT2D eigenvalue weighted by atomic mass is 16.2. The first-order valence-electron chi connectivity index (χ1n) is 12.0. The van der Waals surface area contributed by atoms with Crippen LogP contribution in [0.25, 0.3) is 22.0 Å². The number of amidine groups is 1. The van der Waals surface area contributed by atoms with Crippen LogP contribution >= 0.6 is 0 Å². The molecule has 0 unspecified atom stereocenters. The molecule has 2 aliphatic carbocycles. The van der Waals surface area contributed by atoms with E-state index in [1.54, 1.807) is 0 Å². The van der Waals surface area contributed by atoms with Crippen molar-refractivity contribution in [2.75, 3.05) is 19.6 Å². The van der Waals surface area contributed by atoms with E-state index >= 15 is 0 Å². The molecule has 2 saturated carbocycles. The Labute approximate surface area is 192 Å². The molecule has 1 aromatic heterocycles. The summed E-state index contributed by atoms with van der Waals surface area (Å²) in [5.41, 5.74) is 3.90. The summed E-state index contributed by atoms with van der Waals surface area (Å²) in [6.07, 6.45) is 5.73. The van der Waals surface area contributed by atoms with Gasteiger partial charge in [-0.05, 0) is 54.3 Å². The number of nitrogens with one attached hydrogen (secondary N) is 1. The maximum absolute atomic E-state index is 13.2. The van der Waals surface area contributed by atoms with Crippen molar-refractivity contribution in [2.24, 2.45) is 16.8 Å². The molecule has 166 valence electrons. The standard InChI is InChI=1S/C27H26N4O2/c32-25(21-6-7-21)30-14-17(15-30)16-31-24(29-27(10-11-27)26(31)33)20-4-1-18(2-5-20)22-8-3-19-9-12-28-23(19)13-22/h1-5,8-9,12-13,17,21,28H,6-7,10-11,14-16H2. The first-order valence-corrected chi connectivity index (χ1v) is 12.0. The van der Waals surface area contributed by atoms with Gasteiger partial charge in [0.2, 0.25) is 5.91 Å². The first kappa shape index (κ1) is 19.1. The molecule has 3 fully saturated rings. The van der Waals surface area contributed by atoms with E-state index < -0.39 is 5.54 Å². The molecule has 0 bridgehead atoms. The third kappa shape index (κ3) is 3.11. The highest BCUT2D eigenvalue weighted by Crippen LogP contribution is 2.46. The van der Waals surface area contributed by atoms with Gasteiger partial charge >= 0.3 is 0 Å². The molecule has 1 N–H and O–H groups in total. The third-order valence-corrected chi connectivity index (χ3v) is 7.61. The second-order valence-electron chi connectivity index (χ2n) is 10.1. The smallest absolute Gasteiger partial charge is 0.256 e. The number of benzene rings is 2. The lowest BCUT2D eigenvalue weighted by Crippen LogP contribution is -2.55. The molecule has 2 aromatic carbocycles. The maximum Gasteiger partial charge on any atom is 0.256 e. The van der Waals surface area contributed by atoms with Crippen molar-refractivity contribution in [3.8, 4) is 11.1 Å². The Balaban J connectivity index is 1.11. The second-order valence-corrected chi connectivity index (χ2v) is 10.1. The Hall–Kier alpha value is -3.41. The molecule has 2 amide bonds. The predicted molar refractivity (Wildman–Crippen MR) is 127 cm³/mol. The van der Waals surface area contributed by atoms with E-state index in [4.69, 9.17) is 4.99 Å². The van der Waals surface area contributed by atoms with Crippen molar-refractivity contribution < 1.29 is 9.59 Å². The fourth-order valence-corrected chi connectivity index (χ4v) is 5.24. The second kappa shape index (κ2) is 6.80. The molecule has 4 aliphatic rings. The quantitative estimate of drug-likeness (QED) is 0.658. The van der Waals surface area contributed by atoms with Gasteiger partial charge < -0.3 is 9.88 Å². The molecule has 1 spiro atoms. The number of rotatable bonds is 5. The number of hydrogen-bond donors (Lipinski definition) is 1. The minimum absolute atomic E-state index is 0.144. The van der Waals surface area contributed by atoms with Crippen LogP contribution < -0.4 is 0 Å². The van der Waals surface area contributed by atoms with Gasteiger partial charge in [0.15, 0.2) is 0 Å². The third-order valence-electron chi connectivity index (χ3n) is 7.61. The van der Waals surface area contributed by atoms with Crippen LogP contribution in [0.5, 0.6) is 0 Å². The number of H-pyrrole nitrogens is 1. The molecular weight excluding hydrogens is 412 g/mol. The lowest BCUT2D eigenvalue weighted by molar-refractivity contribution is -0.139. The zero-order chi connectivity index (χ0) is 22.2. The van der Waals surface area contributed by atoms with Gasteiger partial charge in [0.1, 0.15) is 11.4 Å². The van der Waals surface area contributed by atoms with Crippen molar-refractivity contribution >= 4 is 28.6 Å². The Morgan fingerprint density at radius 3 is 2.45 bits per heavy atom. The van der Waals surface area contributed by atoms with E-state index in [-0.39, 0.29) is 11.8 Å². The fraction of sp³-hybridized carbons (Fsp3) is 0.370. The monoisotopic (exact) mass is 438 g/mol. The number of aliphatic imine (C=N–C) groups is 1. The number of amides is 2. The van der Waals surface area contributed by atoms with Gasteiger partial charge in [-0.15, -0.1) is 0 Å². The number of carbonyl (C=O) groups excluding carboxylic acids is 2. The predicted octanol–water partition coefficient (Wildman–Crippen LogP) is 3.82. The van der Waals surface area contributed by atoms with E-state index in [1.165, 1.54) is 5.39 Å². The van der Waals surface area contributed by atoms with E-state index in [0.29, 0.717) is 18.4 Å². The summed E-state index contributed by atoms with van der Waals surface area (Å²) in [5.74, 6) is 1.85. The Bertz CT molecular complexity index is 1310. The molecule has 33 heavy (non-hydrogen) atoms. The number of hydrogen-bond acceptors (Lipinski definition) is 3. The number of nitrogens with zero attached hydrogens (tertiary/aromatic N) is 3. The van der Waals surface area contributed by atoms with Crippen LogP contribution in [0.4, 0.5) is 0 Å². The zero-order valence-corrected chi connectivity index (χ0v) is 18.5. The zero-order valence-electron chi connectivity index (χ0n) is 18.5. The van der Waals surface area contributed by atoms with Crippen molar-refractivity contribution in [2.45, 2.75) is 31.2 Å². The maximum atomic E-state index is 13.2. The lowest BCUT2D eigenvalue weighted by atomic mass is 9.97. The van der Waals surface area contributed by atoms with Gasteiger partial charge in [0.05, 0.1) is 0 Å². The van der Waals surface area contributed by atoms with Crippen LogP contribution in [-0.4, -0.2) is 57.6 Å². The van der Waals surface area contributed by atoms with Gasteiger partial charge in [0.25, 0.3) is 5.91 Å². The van der Waals surface area contributed by atoms with Gasteiger partial charge in [-0.1, -0.05) is 36.4 Å². The molecule has 1 saturated heterocycles. The number of likely N-dealkylation sites (tertiary alicyclic amines) is 1. The summed E-state index contributed by atoms with van der Waals surface area (Å²) in [7, 11) is 0. The summed E-state index contributed by atoms with van der Waals surface area (Å²) in [6.45, 7) is 2.18. The molecule has 3 aromatic rings. The number of carbonyl (C=O) groups is 2. The number of fused-ring (bicyclic) bond motifs is 1. The van der Waals surface area contributed by atoms with E-state index in [0.717, 1.165) is 66.8 Å². The van der Waals surface area contributed by atoms with Gasteiger partial charge in [0, 0.05) is 48.7 Å². The lowest BCUT2D eigenvalue weighted by Gasteiger charge is -2.41. The van der Waals surface area contributed by atoms with E-state index in [1.807, 2.05) is 16.0 Å². The SMILES string of the molecule is O=C(C1CC1)N1CC(CN2C(=O)C3(CC3)N=C2c2ccc(-c3ccc4cc[nH]c4c3)cc2)C1. The summed E-state index contributed by atoms with van der Waals surface area (Å²) in [6, 6.07) is 16.9. The average molecular weight is 439 g/mol. The van der Waals surface area contributed by atoms with Crippen LogP contribution in [-0.2, 0) is 9.59 Å². The normalized spacial score (nSPS) is 21.6. The van der Waals surface area contributed by atoms with Gasteiger partial charge in [-0.3, -0.25) is 19.5 Å². The molecule has 3 heterocycles. The van der Waals surface area contributed by atoms with Crippen LogP contribution in [0.2, 0.25) is 0 Å². The minimum Gasteiger partial charge on any atom is -0.361 e. The van der Waals surface area contributed by atoms with Crippen molar-refractivity contribution in [3.05, 3.63) is 60.3 Å². The van der Waals surface area contributed by atoms with Crippen LogP contribution in [0.1, 0.15) is 31.2 Å².